The maximum absolute atomic E-state index is 11.6. The van der Waals surface area contributed by atoms with Crippen molar-refractivity contribution in [2.75, 3.05) is 6.61 Å². The number of aromatic nitrogens is 1. The summed E-state index contributed by atoms with van der Waals surface area (Å²) in [4.78, 5) is 16.6. The van der Waals surface area contributed by atoms with Crippen molar-refractivity contribution in [3.63, 3.8) is 0 Å². The summed E-state index contributed by atoms with van der Waals surface area (Å²) >= 11 is 5.40. The highest BCUT2D eigenvalue weighted by molar-refractivity contribution is 7.80. The molecule has 5 heteroatoms. The molecule has 130 valence electrons. The van der Waals surface area contributed by atoms with Crippen LogP contribution < -0.4 is 0 Å². The molecule has 4 nitrogen and oxygen atoms in total. The predicted molar refractivity (Wildman–Crippen MR) is 101 cm³/mol. The molecule has 0 aromatic carbocycles. The normalized spacial score (nSPS) is 14.0. The lowest BCUT2D eigenvalue weighted by atomic mass is 10.0. The first-order valence-corrected chi connectivity index (χ1v) is 8.49. The van der Waals surface area contributed by atoms with Crippen molar-refractivity contribution in [1.29, 1.82) is 0 Å². The number of carbonyl (C=O) groups excluding carboxylic acids is 1. The minimum absolute atomic E-state index is 0.331. The van der Waals surface area contributed by atoms with Crippen LogP contribution in [0.3, 0.4) is 0 Å². The molecule has 0 radical (unpaired) electrons. The monoisotopic (exact) mass is 355 g/mol. The first-order valence-electron chi connectivity index (χ1n) is 8.08. The number of hydrogen-bond donors (Lipinski definition) is 0. The SMILES string of the molecule is CCOC(=O)c1ccc(C#CC2=C(OC(C)(C)C)C(=S)CC=C2)nc1. The van der Waals surface area contributed by atoms with Crippen molar-refractivity contribution in [2.45, 2.75) is 39.7 Å². The molecule has 0 saturated carbocycles. The highest BCUT2D eigenvalue weighted by Gasteiger charge is 2.20. The fourth-order valence-electron chi connectivity index (χ4n) is 2.05. The summed E-state index contributed by atoms with van der Waals surface area (Å²) in [5.74, 6) is 6.32. The molecule has 0 unspecified atom stereocenters. The highest BCUT2D eigenvalue weighted by atomic mass is 32.1. The zero-order valence-electron chi connectivity index (χ0n) is 14.9. The van der Waals surface area contributed by atoms with E-state index in [9.17, 15) is 4.79 Å². The van der Waals surface area contributed by atoms with Crippen LogP contribution in [0.4, 0.5) is 0 Å². The van der Waals surface area contributed by atoms with E-state index in [1.807, 2.05) is 32.9 Å². The van der Waals surface area contributed by atoms with Gasteiger partial charge in [0, 0.05) is 12.6 Å². The molecule has 25 heavy (non-hydrogen) atoms. The van der Waals surface area contributed by atoms with E-state index >= 15 is 0 Å². The van der Waals surface area contributed by atoms with Crippen LogP contribution in [0.25, 0.3) is 0 Å². The minimum Gasteiger partial charge on any atom is -0.486 e. The number of rotatable bonds is 3. The Labute approximate surface area is 153 Å². The van der Waals surface area contributed by atoms with Crippen LogP contribution in [0, 0.1) is 11.8 Å². The molecule has 0 amide bonds. The smallest absolute Gasteiger partial charge is 0.339 e. The van der Waals surface area contributed by atoms with Gasteiger partial charge >= 0.3 is 5.97 Å². The van der Waals surface area contributed by atoms with E-state index in [0.29, 0.717) is 30.0 Å². The lowest BCUT2D eigenvalue weighted by Gasteiger charge is -2.25. The number of hydrogen-bond acceptors (Lipinski definition) is 5. The molecule has 1 aliphatic rings. The zero-order valence-corrected chi connectivity index (χ0v) is 15.7. The maximum atomic E-state index is 11.6. The quantitative estimate of drug-likeness (QED) is 0.466. The van der Waals surface area contributed by atoms with Gasteiger partial charge in [0.2, 0.25) is 0 Å². The lowest BCUT2D eigenvalue weighted by Crippen LogP contribution is -2.23. The van der Waals surface area contributed by atoms with Crippen LogP contribution in [-0.2, 0) is 9.47 Å². The van der Waals surface area contributed by atoms with Crippen molar-refractivity contribution in [3.8, 4) is 11.8 Å². The minimum atomic E-state index is -0.390. The van der Waals surface area contributed by atoms with E-state index in [-0.39, 0.29) is 5.60 Å². The van der Waals surface area contributed by atoms with Gasteiger partial charge in [0.05, 0.1) is 22.6 Å². The number of esters is 1. The number of allylic oxidation sites excluding steroid dienone is 4. The molecular weight excluding hydrogens is 334 g/mol. The number of ether oxygens (including phenoxy) is 2. The standard InChI is InChI=1S/C20H21NO3S/c1-5-23-19(22)15-10-12-16(21-13-15)11-9-14-7-6-8-17(25)18(14)24-20(2,3)4/h6-7,10,12-13H,5,8H2,1-4H3. The van der Waals surface area contributed by atoms with Crippen LogP contribution in [-0.4, -0.2) is 28.0 Å². The second-order valence-electron chi connectivity index (χ2n) is 6.39. The Morgan fingerprint density at radius 2 is 2.08 bits per heavy atom. The summed E-state index contributed by atoms with van der Waals surface area (Å²) in [6, 6.07) is 3.34. The molecule has 0 spiro atoms. The van der Waals surface area contributed by atoms with Crippen LogP contribution in [0.1, 0.15) is 50.2 Å². The van der Waals surface area contributed by atoms with Gasteiger partial charge < -0.3 is 9.47 Å². The fourth-order valence-corrected chi connectivity index (χ4v) is 2.30. The summed E-state index contributed by atoms with van der Waals surface area (Å²) in [5, 5.41) is 0. The Morgan fingerprint density at radius 1 is 1.32 bits per heavy atom. The molecule has 1 aliphatic carbocycles. The Hall–Kier alpha value is -2.45. The molecule has 0 saturated heterocycles. The molecule has 0 bridgehead atoms. The molecule has 1 aromatic heterocycles. The molecular formula is C20H21NO3S. The molecule has 1 aromatic rings. The second-order valence-corrected chi connectivity index (χ2v) is 6.88. The lowest BCUT2D eigenvalue weighted by molar-refractivity contribution is 0.0525. The van der Waals surface area contributed by atoms with Crippen LogP contribution in [0.5, 0.6) is 0 Å². The van der Waals surface area contributed by atoms with Crippen molar-refractivity contribution in [3.05, 3.63) is 53.1 Å². The van der Waals surface area contributed by atoms with Gasteiger partial charge in [-0.2, -0.15) is 0 Å². The number of carbonyl (C=O) groups is 1. The van der Waals surface area contributed by atoms with E-state index in [1.165, 1.54) is 6.20 Å². The van der Waals surface area contributed by atoms with Crippen LogP contribution in [0.15, 0.2) is 41.8 Å². The van der Waals surface area contributed by atoms with Gasteiger partial charge in [-0.25, -0.2) is 9.78 Å². The molecule has 0 aliphatic heterocycles. The highest BCUT2D eigenvalue weighted by Crippen LogP contribution is 2.23. The van der Waals surface area contributed by atoms with Crippen LogP contribution >= 0.6 is 12.2 Å². The van der Waals surface area contributed by atoms with E-state index < -0.39 is 5.97 Å². The van der Waals surface area contributed by atoms with E-state index in [1.54, 1.807) is 19.1 Å². The number of thiocarbonyl (C=S) groups is 1. The summed E-state index contributed by atoms with van der Waals surface area (Å²) in [5.41, 5.74) is 1.35. The van der Waals surface area contributed by atoms with Crippen LogP contribution in [0.2, 0.25) is 0 Å². The van der Waals surface area contributed by atoms with Crippen molar-refractivity contribution in [2.24, 2.45) is 0 Å². The van der Waals surface area contributed by atoms with Gasteiger partial charge in [-0.1, -0.05) is 24.2 Å². The largest absolute Gasteiger partial charge is 0.486 e. The fraction of sp³-hybridized carbons (Fsp3) is 0.350. The summed E-state index contributed by atoms with van der Waals surface area (Å²) in [7, 11) is 0. The number of nitrogens with zero attached hydrogens (tertiary/aromatic N) is 1. The summed E-state index contributed by atoms with van der Waals surface area (Å²) < 4.78 is 10.9. The second kappa shape index (κ2) is 8.09. The molecule has 0 N–H and O–H groups in total. The number of pyridine rings is 1. The third-order valence-electron chi connectivity index (χ3n) is 3.09. The predicted octanol–water partition coefficient (Wildman–Crippen LogP) is 4.01. The first kappa shape index (κ1) is 18.9. The average Bonchev–Trinajstić information content (AvgIpc) is 2.55. The van der Waals surface area contributed by atoms with Crippen molar-refractivity contribution in [1.82, 2.24) is 4.98 Å². The Kier molecular flexibility index (Phi) is 6.11. The van der Waals surface area contributed by atoms with Gasteiger partial charge in [-0.05, 0) is 51.8 Å². The van der Waals surface area contributed by atoms with Gasteiger partial charge in [0.15, 0.2) is 0 Å². The Morgan fingerprint density at radius 3 is 2.68 bits per heavy atom. The van der Waals surface area contributed by atoms with E-state index in [2.05, 4.69) is 16.8 Å². The van der Waals surface area contributed by atoms with Gasteiger partial charge in [0.1, 0.15) is 17.1 Å². The van der Waals surface area contributed by atoms with Crippen molar-refractivity contribution >= 4 is 23.1 Å². The molecule has 2 rings (SSSR count). The zero-order chi connectivity index (χ0) is 18.4. The third-order valence-corrected chi connectivity index (χ3v) is 3.45. The third kappa shape index (κ3) is 5.54. The maximum Gasteiger partial charge on any atom is 0.339 e. The molecule has 1 heterocycles. The van der Waals surface area contributed by atoms with Gasteiger partial charge in [-0.15, -0.1) is 0 Å². The Balaban J connectivity index is 2.25. The first-order chi connectivity index (χ1) is 11.8. The summed E-state index contributed by atoms with van der Waals surface area (Å²) in [6.45, 7) is 8.01. The Bertz CT molecular complexity index is 787. The average molecular weight is 355 g/mol. The molecule has 0 atom stereocenters. The summed E-state index contributed by atoms with van der Waals surface area (Å²) in [6.07, 6.45) is 6.03. The van der Waals surface area contributed by atoms with Gasteiger partial charge in [0.25, 0.3) is 0 Å². The molecule has 0 fully saturated rings. The van der Waals surface area contributed by atoms with E-state index in [4.69, 9.17) is 21.7 Å². The topological polar surface area (TPSA) is 48.4 Å². The van der Waals surface area contributed by atoms with Crippen molar-refractivity contribution < 1.29 is 14.3 Å². The van der Waals surface area contributed by atoms with E-state index in [0.717, 1.165) is 10.4 Å². The van der Waals surface area contributed by atoms with Gasteiger partial charge in [-0.3, -0.25) is 0 Å².